The Bertz CT molecular complexity index is 1080. The minimum Gasteiger partial charge on any atom is -0.392 e. The summed E-state index contributed by atoms with van der Waals surface area (Å²) >= 11 is 1.62. The zero-order valence-electron chi connectivity index (χ0n) is 16.5. The van der Waals surface area contributed by atoms with Gasteiger partial charge in [0.1, 0.15) is 5.82 Å². The number of benzene rings is 2. The van der Waals surface area contributed by atoms with Crippen molar-refractivity contribution in [1.82, 2.24) is 9.47 Å². The van der Waals surface area contributed by atoms with Crippen LogP contribution in [-0.2, 0) is 13.1 Å². The zero-order chi connectivity index (χ0) is 20.4. The second-order valence-corrected chi connectivity index (χ2v) is 8.49. The number of hydrogen-bond acceptors (Lipinski definition) is 4. The van der Waals surface area contributed by atoms with E-state index < -0.39 is 0 Å². The number of fused-ring (bicyclic) bond motifs is 1. The smallest absolute Gasteiger partial charge is 0.255 e. The molecule has 1 aliphatic rings. The molecule has 1 fully saturated rings. The first-order valence-electron chi connectivity index (χ1n) is 9.89. The average molecular weight is 413 g/mol. The number of aliphatic hydroxyl groups is 1. The number of likely N-dealkylation sites (tertiary alicyclic amines) is 1. The van der Waals surface area contributed by atoms with Crippen molar-refractivity contribution in [2.24, 2.45) is 0 Å². The topological polar surface area (TPSA) is 45.5 Å². The van der Waals surface area contributed by atoms with E-state index in [4.69, 9.17) is 0 Å². The van der Waals surface area contributed by atoms with Crippen LogP contribution in [-0.4, -0.2) is 40.0 Å². The van der Waals surface area contributed by atoms with Crippen molar-refractivity contribution < 1.29 is 9.50 Å². The van der Waals surface area contributed by atoms with Crippen molar-refractivity contribution in [2.45, 2.75) is 36.9 Å². The van der Waals surface area contributed by atoms with Gasteiger partial charge in [0, 0.05) is 29.1 Å². The van der Waals surface area contributed by atoms with Crippen molar-refractivity contribution in [1.29, 1.82) is 0 Å². The molecule has 29 heavy (non-hydrogen) atoms. The molecule has 6 heteroatoms. The van der Waals surface area contributed by atoms with Gasteiger partial charge in [-0.3, -0.25) is 9.69 Å². The molecule has 1 N–H and O–H groups in total. The first-order valence-corrected chi connectivity index (χ1v) is 11.1. The monoisotopic (exact) mass is 412 g/mol. The lowest BCUT2D eigenvalue weighted by molar-refractivity contribution is 0.0666. The fourth-order valence-corrected chi connectivity index (χ4v) is 4.45. The van der Waals surface area contributed by atoms with Crippen molar-refractivity contribution in [3.63, 3.8) is 0 Å². The Labute approximate surface area is 174 Å². The normalized spacial score (nSPS) is 17.7. The molecule has 0 aliphatic carbocycles. The summed E-state index contributed by atoms with van der Waals surface area (Å²) < 4.78 is 16.0. The molecule has 4 nitrogen and oxygen atoms in total. The predicted octanol–water partition coefficient (Wildman–Crippen LogP) is 3.87. The molecule has 1 atom stereocenters. The van der Waals surface area contributed by atoms with Gasteiger partial charge in [-0.05, 0) is 55.3 Å². The lowest BCUT2D eigenvalue weighted by Crippen LogP contribution is -2.39. The maximum absolute atomic E-state index is 14.3. The number of hydrogen-bond donors (Lipinski definition) is 1. The lowest BCUT2D eigenvalue weighted by atomic mass is 10.1. The highest BCUT2D eigenvalue weighted by molar-refractivity contribution is 7.98. The molecule has 1 saturated heterocycles. The number of aromatic nitrogens is 1. The second kappa shape index (κ2) is 8.69. The molecular weight excluding hydrogens is 387 g/mol. The third kappa shape index (κ3) is 4.39. The van der Waals surface area contributed by atoms with Gasteiger partial charge in [-0.15, -0.1) is 11.8 Å². The van der Waals surface area contributed by atoms with Crippen molar-refractivity contribution in [3.8, 4) is 0 Å². The molecule has 0 bridgehead atoms. The van der Waals surface area contributed by atoms with E-state index >= 15 is 0 Å². The Kier molecular flexibility index (Phi) is 6.04. The maximum Gasteiger partial charge on any atom is 0.255 e. The molecule has 1 unspecified atom stereocenters. The fourth-order valence-electron chi connectivity index (χ4n) is 4.02. The summed E-state index contributed by atoms with van der Waals surface area (Å²) in [4.78, 5) is 16.6. The number of pyridine rings is 1. The van der Waals surface area contributed by atoms with Crippen LogP contribution in [0.1, 0.15) is 24.0 Å². The van der Waals surface area contributed by atoms with Crippen LogP contribution in [0.25, 0.3) is 10.9 Å². The summed E-state index contributed by atoms with van der Waals surface area (Å²) in [6.07, 6.45) is 3.39. The molecule has 2 heterocycles. The second-order valence-electron chi connectivity index (χ2n) is 7.61. The Morgan fingerprint density at radius 2 is 1.97 bits per heavy atom. The van der Waals surface area contributed by atoms with Gasteiger partial charge >= 0.3 is 0 Å². The van der Waals surface area contributed by atoms with E-state index in [0.29, 0.717) is 24.2 Å². The highest BCUT2D eigenvalue weighted by Crippen LogP contribution is 2.23. The van der Waals surface area contributed by atoms with E-state index in [0.717, 1.165) is 35.2 Å². The van der Waals surface area contributed by atoms with Crippen molar-refractivity contribution >= 4 is 22.7 Å². The highest BCUT2D eigenvalue weighted by Gasteiger charge is 2.20. The molecule has 3 aromatic rings. The van der Waals surface area contributed by atoms with E-state index in [2.05, 4.69) is 4.90 Å². The molecule has 0 spiro atoms. The van der Waals surface area contributed by atoms with Gasteiger partial charge in [0.05, 0.1) is 18.2 Å². The van der Waals surface area contributed by atoms with E-state index in [1.165, 1.54) is 6.07 Å². The third-order valence-corrected chi connectivity index (χ3v) is 6.26. The predicted molar refractivity (Wildman–Crippen MR) is 116 cm³/mol. The number of piperidine rings is 1. The van der Waals surface area contributed by atoms with Crippen LogP contribution in [0.5, 0.6) is 0 Å². The average Bonchev–Trinajstić information content (AvgIpc) is 2.72. The summed E-state index contributed by atoms with van der Waals surface area (Å²) in [5.74, 6) is -0.307. The molecule has 0 radical (unpaired) electrons. The van der Waals surface area contributed by atoms with Crippen molar-refractivity contribution in [2.75, 3.05) is 19.3 Å². The SMILES string of the molecule is CSc1ccc2cc(CN3CCCC(O)C3)c(=O)n(Cc3ccccc3F)c2c1. The molecule has 2 aromatic carbocycles. The molecule has 1 aliphatic heterocycles. The Hall–Kier alpha value is -2.15. The van der Waals surface area contributed by atoms with Crippen LogP contribution in [0.3, 0.4) is 0 Å². The minimum atomic E-state index is -0.339. The van der Waals surface area contributed by atoms with Crippen LogP contribution in [0.15, 0.2) is 58.2 Å². The van der Waals surface area contributed by atoms with Crippen LogP contribution >= 0.6 is 11.8 Å². The van der Waals surface area contributed by atoms with Gasteiger partial charge in [0.15, 0.2) is 0 Å². The number of halogens is 1. The molecule has 152 valence electrons. The summed E-state index contributed by atoms with van der Waals surface area (Å²) in [5.41, 5.74) is 1.89. The van der Waals surface area contributed by atoms with Gasteiger partial charge < -0.3 is 9.67 Å². The standard InChI is InChI=1S/C23H25FN2O2S/c1-29-20-9-8-16-11-18(13-25-10-4-6-19(27)15-25)23(28)26(22(16)12-20)14-17-5-2-3-7-21(17)24/h2-3,5,7-9,11-12,19,27H,4,6,10,13-15H2,1H3. The number of aliphatic hydroxyl groups excluding tert-OH is 1. The maximum atomic E-state index is 14.3. The lowest BCUT2D eigenvalue weighted by Gasteiger charge is -2.30. The molecule has 0 saturated carbocycles. The molecule has 1 aromatic heterocycles. The summed E-state index contributed by atoms with van der Waals surface area (Å²) in [5, 5.41) is 10.9. The van der Waals surface area contributed by atoms with Crippen LogP contribution < -0.4 is 5.56 Å². The van der Waals surface area contributed by atoms with E-state index in [9.17, 15) is 14.3 Å². The summed E-state index contributed by atoms with van der Waals surface area (Å²) in [7, 11) is 0. The molecule has 4 rings (SSSR count). The van der Waals surface area contributed by atoms with Gasteiger partial charge in [0.2, 0.25) is 0 Å². The quantitative estimate of drug-likeness (QED) is 0.647. The number of β-amino-alcohol motifs (C(OH)–C–C–N with tert-alkyl or cyclic N) is 1. The number of thioether (sulfide) groups is 1. The third-order valence-electron chi connectivity index (χ3n) is 5.54. The van der Waals surface area contributed by atoms with E-state index in [1.54, 1.807) is 34.5 Å². The first-order chi connectivity index (χ1) is 14.0. The largest absolute Gasteiger partial charge is 0.392 e. The van der Waals surface area contributed by atoms with Gasteiger partial charge in [-0.2, -0.15) is 0 Å². The van der Waals surface area contributed by atoms with Gasteiger partial charge in [-0.1, -0.05) is 24.3 Å². The molecule has 0 amide bonds. The summed E-state index contributed by atoms with van der Waals surface area (Å²) in [6, 6.07) is 14.6. The van der Waals surface area contributed by atoms with E-state index in [-0.39, 0.29) is 24.0 Å². The Morgan fingerprint density at radius 1 is 1.14 bits per heavy atom. The van der Waals surface area contributed by atoms with Crippen LogP contribution in [0.2, 0.25) is 0 Å². The highest BCUT2D eigenvalue weighted by atomic mass is 32.2. The van der Waals surface area contributed by atoms with E-state index in [1.807, 2.05) is 30.5 Å². The number of rotatable bonds is 5. The fraction of sp³-hybridized carbons (Fsp3) is 0.348. The summed E-state index contributed by atoms with van der Waals surface area (Å²) in [6.45, 7) is 2.13. The first kappa shape index (κ1) is 20.1. The van der Waals surface area contributed by atoms with Crippen LogP contribution in [0.4, 0.5) is 4.39 Å². The minimum absolute atomic E-state index is 0.0981. The van der Waals surface area contributed by atoms with Gasteiger partial charge in [0.25, 0.3) is 5.56 Å². The van der Waals surface area contributed by atoms with Crippen LogP contribution in [0, 0.1) is 5.82 Å². The van der Waals surface area contributed by atoms with Crippen molar-refractivity contribution in [3.05, 3.63) is 75.8 Å². The molecular formula is C23H25FN2O2S. The Morgan fingerprint density at radius 3 is 2.72 bits per heavy atom. The zero-order valence-corrected chi connectivity index (χ0v) is 17.3. The Balaban J connectivity index is 1.80. The number of nitrogens with zero attached hydrogens (tertiary/aromatic N) is 2. The van der Waals surface area contributed by atoms with Gasteiger partial charge in [-0.25, -0.2) is 4.39 Å².